The maximum absolute atomic E-state index is 9.06. The number of hydrogen-bond donors (Lipinski definition) is 1. The Morgan fingerprint density at radius 3 is 2.74 bits per heavy atom. The maximum Gasteiger partial charge on any atom is 0.119 e. The van der Waals surface area contributed by atoms with Crippen molar-refractivity contribution in [2.24, 2.45) is 5.41 Å². The topological polar surface area (TPSA) is 45.0 Å². The second kappa shape index (κ2) is 5.22. The second-order valence-electron chi connectivity index (χ2n) is 6.11. The fraction of sp³-hybridized carbons (Fsp3) is 0.562. The molecule has 0 radical (unpaired) electrons. The van der Waals surface area contributed by atoms with E-state index in [0.29, 0.717) is 0 Å². The van der Waals surface area contributed by atoms with Crippen molar-refractivity contribution in [3.05, 3.63) is 29.8 Å². The van der Waals surface area contributed by atoms with E-state index in [1.807, 2.05) is 12.1 Å². The lowest BCUT2D eigenvalue weighted by molar-refractivity contribution is 0.408. The number of rotatable bonds is 6. The molecule has 3 heteroatoms. The van der Waals surface area contributed by atoms with Crippen LogP contribution in [-0.4, -0.2) is 20.2 Å². The zero-order valence-corrected chi connectivity index (χ0v) is 12.0. The Bertz CT molecular complexity index is 484. The van der Waals surface area contributed by atoms with Crippen molar-refractivity contribution in [2.45, 2.75) is 32.1 Å². The van der Waals surface area contributed by atoms with E-state index < -0.39 is 0 Å². The van der Waals surface area contributed by atoms with Gasteiger partial charge in [0.2, 0.25) is 0 Å². The molecule has 1 saturated carbocycles. The van der Waals surface area contributed by atoms with Crippen molar-refractivity contribution in [3.8, 4) is 11.8 Å². The molecule has 1 aromatic carbocycles. The average Bonchev–Trinajstić information content (AvgIpc) is 3.19. The molecule has 19 heavy (non-hydrogen) atoms. The first-order valence-corrected chi connectivity index (χ1v) is 6.78. The molecule has 0 atom stereocenters. The highest BCUT2D eigenvalue weighted by atomic mass is 16.5. The summed E-state index contributed by atoms with van der Waals surface area (Å²) in [7, 11) is 1.69. The molecule has 1 aromatic rings. The minimum Gasteiger partial charge on any atom is -0.497 e. The first kappa shape index (κ1) is 13.9. The Kier molecular flexibility index (Phi) is 3.82. The lowest BCUT2D eigenvalue weighted by Crippen LogP contribution is -2.35. The first-order chi connectivity index (χ1) is 9.01. The lowest BCUT2D eigenvalue weighted by Gasteiger charge is -2.26. The van der Waals surface area contributed by atoms with Crippen LogP contribution in [0.25, 0.3) is 0 Å². The van der Waals surface area contributed by atoms with Crippen LogP contribution in [0.4, 0.5) is 0 Å². The van der Waals surface area contributed by atoms with Crippen LogP contribution >= 0.6 is 0 Å². The smallest absolute Gasteiger partial charge is 0.119 e. The second-order valence-corrected chi connectivity index (χ2v) is 6.11. The van der Waals surface area contributed by atoms with Gasteiger partial charge in [-0.3, -0.25) is 0 Å². The molecule has 0 unspecified atom stereocenters. The Morgan fingerprint density at radius 1 is 1.42 bits per heavy atom. The molecule has 0 heterocycles. The van der Waals surface area contributed by atoms with Crippen molar-refractivity contribution in [3.63, 3.8) is 0 Å². The van der Waals surface area contributed by atoms with Gasteiger partial charge in [0.15, 0.2) is 0 Å². The van der Waals surface area contributed by atoms with Crippen molar-refractivity contribution in [2.75, 3.05) is 20.2 Å². The van der Waals surface area contributed by atoms with E-state index in [1.165, 1.54) is 5.56 Å². The largest absolute Gasteiger partial charge is 0.497 e. The van der Waals surface area contributed by atoms with Gasteiger partial charge in [-0.05, 0) is 30.5 Å². The molecular weight excluding hydrogens is 236 g/mol. The third-order valence-corrected chi connectivity index (χ3v) is 3.97. The molecule has 0 bridgehead atoms. The third-order valence-electron chi connectivity index (χ3n) is 3.97. The number of methoxy groups -OCH3 is 1. The number of benzene rings is 1. The summed E-state index contributed by atoms with van der Waals surface area (Å²) < 4.78 is 5.27. The van der Waals surface area contributed by atoms with Gasteiger partial charge >= 0.3 is 0 Å². The van der Waals surface area contributed by atoms with Crippen LogP contribution in [0.1, 0.15) is 32.3 Å². The molecular formula is C16H22N2O. The van der Waals surface area contributed by atoms with Gasteiger partial charge in [0, 0.05) is 18.5 Å². The number of ether oxygens (including phenoxy) is 1. The molecule has 3 nitrogen and oxygen atoms in total. The predicted octanol–water partition coefficient (Wildman–Crippen LogP) is 2.87. The van der Waals surface area contributed by atoms with Crippen molar-refractivity contribution in [1.82, 2.24) is 5.32 Å². The molecule has 2 rings (SSSR count). The van der Waals surface area contributed by atoms with Gasteiger partial charge in [0.05, 0.1) is 18.6 Å². The van der Waals surface area contributed by atoms with Crippen LogP contribution in [0.15, 0.2) is 24.3 Å². The number of nitrogens with one attached hydrogen (secondary N) is 1. The SMILES string of the molecule is COc1cccc(C(C)(C)CNCC2(C#N)CC2)c1. The molecule has 1 aliphatic carbocycles. The van der Waals surface area contributed by atoms with Crippen LogP contribution in [0.2, 0.25) is 0 Å². The summed E-state index contributed by atoms with van der Waals surface area (Å²) in [5, 5.41) is 12.5. The lowest BCUT2D eigenvalue weighted by atomic mass is 9.84. The molecule has 102 valence electrons. The Balaban J connectivity index is 1.95. The van der Waals surface area contributed by atoms with Gasteiger partial charge in [-0.15, -0.1) is 0 Å². The quantitative estimate of drug-likeness (QED) is 0.853. The minimum atomic E-state index is -0.0789. The Labute approximate surface area is 115 Å². The van der Waals surface area contributed by atoms with Crippen molar-refractivity contribution < 1.29 is 4.74 Å². The van der Waals surface area contributed by atoms with Gasteiger partial charge in [-0.25, -0.2) is 0 Å². The van der Waals surface area contributed by atoms with Gasteiger partial charge in [-0.1, -0.05) is 26.0 Å². The highest BCUT2D eigenvalue weighted by molar-refractivity contribution is 5.33. The predicted molar refractivity (Wildman–Crippen MR) is 76.2 cm³/mol. The molecule has 0 amide bonds. The molecule has 0 aliphatic heterocycles. The monoisotopic (exact) mass is 258 g/mol. The van der Waals surface area contributed by atoms with Crippen LogP contribution in [0.5, 0.6) is 5.75 Å². The summed E-state index contributed by atoms with van der Waals surface area (Å²) >= 11 is 0. The molecule has 1 fully saturated rings. The van der Waals surface area contributed by atoms with E-state index in [9.17, 15) is 0 Å². The van der Waals surface area contributed by atoms with E-state index in [0.717, 1.165) is 31.7 Å². The van der Waals surface area contributed by atoms with Crippen molar-refractivity contribution in [1.29, 1.82) is 5.26 Å². The van der Waals surface area contributed by atoms with Gasteiger partial charge in [-0.2, -0.15) is 5.26 Å². The summed E-state index contributed by atoms with van der Waals surface area (Å²) in [4.78, 5) is 0. The van der Waals surface area contributed by atoms with Gasteiger partial charge in [0.25, 0.3) is 0 Å². The zero-order chi connectivity index (χ0) is 13.9. The minimum absolute atomic E-state index is 0.0279. The molecule has 1 aliphatic rings. The first-order valence-electron chi connectivity index (χ1n) is 6.78. The fourth-order valence-electron chi connectivity index (χ4n) is 2.24. The number of nitrogens with zero attached hydrogens (tertiary/aromatic N) is 1. The van der Waals surface area contributed by atoms with Gasteiger partial charge < -0.3 is 10.1 Å². The standard InChI is InChI=1S/C16H22N2O/c1-15(2,11-18-12-16(10-17)7-8-16)13-5-4-6-14(9-13)19-3/h4-6,9,18H,7-8,11-12H2,1-3H3. The highest BCUT2D eigenvalue weighted by Crippen LogP contribution is 2.44. The number of hydrogen-bond acceptors (Lipinski definition) is 3. The summed E-state index contributed by atoms with van der Waals surface area (Å²) in [6.45, 7) is 6.09. The third kappa shape index (κ3) is 3.27. The van der Waals surface area contributed by atoms with Crippen LogP contribution in [-0.2, 0) is 5.41 Å². The highest BCUT2D eigenvalue weighted by Gasteiger charge is 2.42. The molecule has 0 spiro atoms. The zero-order valence-electron chi connectivity index (χ0n) is 12.0. The van der Waals surface area contributed by atoms with Crippen molar-refractivity contribution >= 4 is 0 Å². The summed E-state index contributed by atoms with van der Waals surface area (Å²) in [5.41, 5.74) is 1.20. The van der Waals surface area contributed by atoms with E-state index in [-0.39, 0.29) is 10.8 Å². The van der Waals surface area contributed by atoms with E-state index >= 15 is 0 Å². The maximum atomic E-state index is 9.06. The molecule has 0 aromatic heterocycles. The van der Waals surface area contributed by atoms with Crippen LogP contribution in [0, 0.1) is 16.7 Å². The van der Waals surface area contributed by atoms with E-state index in [1.54, 1.807) is 7.11 Å². The normalized spacial score (nSPS) is 16.7. The number of nitriles is 1. The van der Waals surface area contributed by atoms with Crippen LogP contribution in [0.3, 0.4) is 0 Å². The Hall–Kier alpha value is -1.53. The summed E-state index contributed by atoms with van der Waals surface area (Å²) in [6.07, 6.45) is 2.08. The van der Waals surface area contributed by atoms with Gasteiger partial charge in [0.1, 0.15) is 5.75 Å². The Morgan fingerprint density at radius 2 is 2.16 bits per heavy atom. The summed E-state index contributed by atoms with van der Waals surface area (Å²) in [5.74, 6) is 0.890. The molecule has 0 saturated heterocycles. The van der Waals surface area contributed by atoms with E-state index in [2.05, 4.69) is 37.4 Å². The fourth-order valence-corrected chi connectivity index (χ4v) is 2.24. The van der Waals surface area contributed by atoms with E-state index in [4.69, 9.17) is 10.00 Å². The van der Waals surface area contributed by atoms with Crippen LogP contribution < -0.4 is 10.1 Å². The summed E-state index contributed by atoms with van der Waals surface area (Å²) in [6, 6.07) is 10.6. The average molecular weight is 258 g/mol. The molecule has 1 N–H and O–H groups in total.